The minimum atomic E-state index is 0.585. The van der Waals surface area contributed by atoms with Crippen molar-refractivity contribution in [2.24, 2.45) is 0 Å². The van der Waals surface area contributed by atoms with Crippen LogP contribution < -0.4 is 5.32 Å². The second-order valence-electron chi connectivity index (χ2n) is 4.07. The Kier molecular flexibility index (Phi) is 3.20. The molecule has 3 heterocycles. The van der Waals surface area contributed by atoms with E-state index in [-0.39, 0.29) is 0 Å². The first-order valence-electron chi connectivity index (χ1n) is 5.87. The number of pyridine rings is 1. The molecule has 0 amide bonds. The van der Waals surface area contributed by atoms with Crippen LogP contribution in [0.1, 0.15) is 5.56 Å². The van der Waals surface area contributed by atoms with Crippen molar-refractivity contribution in [1.82, 2.24) is 15.0 Å². The Labute approximate surface area is 115 Å². The third-order valence-corrected chi connectivity index (χ3v) is 3.52. The van der Waals surface area contributed by atoms with Gasteiger partial charge in [-0.2, -0.15) is 0 Å². The van der Waals surface area contributed by atoms with Gasteiger partial charge in [0.1, 0.15) is 0 Å². The summed E-state index contributed by atoms with van der Waals surface area (Å²) in [6, 6.07) is 7.89. The lowest BCUT2D eigenvalue weighted by Crippen LogP contribution is -1.99. The minimum absolute atomic E-state index is 0.585. The van der Waals surface area contributed by atoms with E-state index in [9.17, 15) is 0 Å². The number of aromatic nitrogens is 3. The van der Waals surface area contributed by atoms with E-state index in [1.54, 1.807) is 23.7 Å². The topological polar surface area (TPSA) is 50.7 Å². The van der Waals surface area contributed by atoms with E-state index in [1.807, 2.05) is 36.7 Å². The predicted octanol–water partition coefficient (Wildman–Crippen LogP) is 3.65. The zero-order valence-electron chi connectivity index (χ0n) is 10.4. The summed E-state index contributed by atoms with van der Waals surface area (Å²) in [4.78, 5) is 14.1. The second kappa shape index (κ2) is 5.16. The number of hydrogen-bond acceptors (Lipinski definition) is 5. The van der Waals surface area contributed by atoms with Gasteiger partial charge in [0.25, 0.3) is 0 Å². The number of nitrogens with one attached hydrogen (secondary N) is 1. The smallest absolute Gasteiger partial charge is 0.227 e. The lowest BCUT2D eigenvalue weighted by atomic mass is 10.2. The SMILES string of the molecule is Cc1cnc(Nc2cccnc2)nc1-c1cccs1. The summed E-state index contributed by atoms with van der Waals surface area (Å²) in [5, 5.41) is 5.20. The number of aryl methyl sites for hydroxylation is 1. The zero-order chi connectivity index (χ0) is 13.1. The van der Waals surface area contributed by atoms with Gasteiger partial charge in [-0.05, 0) is 36.1 Å². The van der Waals surface area contributed by atoms with Crippen LogP contribution in [-0.4, -0.2) is 15.0 Å². The molecule has 3 rings (SSSR count). The second-order valence-corrected chi connectivity index (χ2v) is 5.02. The molecule has 0 aliphatic rings. The standard InChI is InChI=1S/C14H12N4S/c1-10-8-16-14(17-11-4-2-6-15-9-11)18-13(10)12-5-3-7-19-12/h2-9H,1H3,(H,16,17,18). The van der Waals surface area contributed by atoms with Crippen molar-refractivity contribution in [2.45, 2.75) is 6.92 Å². The van der Waals surface area contributed by atoms with Crippen LogP contribution in [0, 0.1) is 6.92 Å². The molecule has 0 aromatic carbocycles. The normalized spacial score (nSPS) is 10.4. The average Bonchev–Trinajstić information content (AvgIpc) is 2.96. The van der Waals surface area contributed by atoms with Crippen molar-refractivity contribution in [3.8, 4) is 10.6 Å². The van der Waals surface area contributed by atoms with Gasteiger partial charge in [0.05, 0.1) is 22.5 Å². The third kappa shape index (κ3) is 2.61. The van der Waals surface area contributed by atoms with Crippen molar-refractivity contribution in [2.75, 3.05) is 5.32 Å². The molecule has 0 aliphatic carbocycles. The predicted molar refractivity (Wildman–Crippen MR) is 77.6 cm³/mol. The van der Waals surface area contributed by atoms with Gasteiger partial charge < -0.3 is 5.32 Å². The van der Waals surface area contributed by atoms with Crippen LogP contribution in [0.5, 0.6) is 0 Å². The van der Waals surface area contributed by atoms with Crippen molar-refractivity contribution in [3.63, 3.8) is 0 Å². The van der Waals surface area contributed by atoms with Crippen LogP contribution >= 0.6 is 11.3 Å². The van der Waals surface area contributed by atoms with Crippen LogP contribution in [0.3, 0.4) is 0 Å². The Hall–Kier alpha value is -2.27. The van der Waals surface area contributed by atoms with E-state index in [4.69, 9.17) is 0 Å². The molecule has 5 heteroatoms. The van der Waals surface area contributed by atoms with Crippen LogP contribution in [0.4, 0.5) is 11.6 Å². The fourth-order valence-electron chi connectivity index (χ4n) is 1.73. The molecule has 19 heavy (non-hydrogen) atoms. The maximum absolute atomic E-state index is 4.57. The summed E-state index contributed by atoms with van der Waals surface area (Å²) >= 11 is 1.67. The van der Waals surface area contributed by atoms with E-state index in [2.05, 4.69) is 26.3 Å². The summed E-state index contributed by atoms with van der Waals surface area (Å²) in [6.07, 6.45) is 5.31. The summed E-state index contributed by atoms with van der Waals surface area (Å²) in [7, 11) is 0. The van der Waals surface area contributed by atoms with E-state index in [1.165, 1.54) is 0 Å². The molecule has 0 saturated carbocycles. The molecule has 1 N–H and O–H groups in total. The summed E-state index contributed by atoms with van der Waals surface area (Å²) in [5.74, 6) is 0.585. The van der Waals surface area contributed by atoms with Crippen LogP contribution in [0.2, 0.25) is 0 Å². The number of nitrogens with zero attached hydrogens (tertiary/aromatic N) is 3. The van der Waals surface area contributed by atoms with Gasteiger partial charge in [0, 0.05) is 12.4 Å². The van der Waals surface area contributed by atoms with Crippen LogP contribution in [0.25, 0.3) is 10.6 Å². The summed E-state index contributed by atoms with van der Waals surface area (Å²) < 4.78 is 0. The molecule has 4 nitrogen and oxygen atoms in total. The Bertz CT molecular complexity index is 665. The van der Waals surface area contributed by atoms with E-state index in [0.29, 0.717) is 5.95 Å². The first kappa shape index (κ1) is 11.8. The summed E-state index contributed by atoms with van der Waals surface area (Å²) in [6.45, 7) is 2.02. The van der Waals surface area contributed by atoms with Crippen molar-refractivity contribution < 1.29 is 0 Å². The van der Waals surface area contributed by atoms with Gasteiger partial charge in [-0.15, -0.1) is 11.3 Å². The monoisotopic (exact) mass is 268 g/mol. The fraction of sp³-hybridized carbons (Fsp3) is 0.0714. The maximum atomic E-state index is 4.57. The molecule has 0 radical (unpaired) electrons. The Morgan fingerprint density at radius 2 is 2.11 bits per heavy atom. The highest BCUT2D eigenvalue weighted by molar-refractivity contribution is 7.13. The van der Waals surface area contributed by atoms with E-state index < -0.39 is 0 Å². The molecule has 3 aromatic rings. The highest BCUT2D eigenvalue weighted by Gasteiger charge is 2.07. The van der Waals surface area contributed by atoms with Gasteiger partial charge in [0.2, 0.25) is 5.95 Å². The van der Waals surface area contributed by atoms with Gasteiger partial charge in [-0.3, -0.25) is 4.98 Å². The lowest BCUT2D eigenvalue weighted by Gasteiger charge is -2.07. The summed E-state index contributed by atoms with van der Waals surface area (Å²) in [5.41, 5.74) is 2.92. The quantitative estimate of drug-likeness (QED) is 0.787. The fourth-order valence-corrected chi connectivity index (χ4v) is 2.51. The van der Waals surface area contributed by atoms with Gasteiger partial charge in [-0.25, -0.2) is 9.97 Å². The number of anilines is 2. The largest absolute Gasteiger partial charge is 0.323 e. The maximum Gasteiger partial charge on any atom is 0.227 e. The van der Waals surface area contributed by atoms with Gasteiger partial charge >= 0.3 is 0 Å². The highest BCUT2D eigenvalue weighted by atomic mass is 32.1. The van der Waals surface area contributed by atoms with Crippen LogP contribution in [0.15, 0.2) is 48.2 Å². The number of thiophene rings is 1. The first-order valence-corrected chi connectivity index (χ1v) is 6.75. The van der Waals surface area contributed by atoms with Gasteiger partial charge in [-0.1, -0.05) is 6.07 Å². The molecule has 0 spiro atoms. The number of hydrogen-bond donors (Lipinski definition) is 1. The Morgan fingerprint density at radius 1 is 1.16 bits per heavy atom. The minimum Gasteiger partial charge on any atom is -0.323 e. The zero-order valence-corrected chi connectivity index (χ0v) is 11.2. The molecular weight excluding hydrogens is 256 g/mol. The Morgan fingerprint density at radius 3 is 2.84 bits per heavy atom. The molecule has 94 valence electrons. The average molecular weight is 268 g/mol. The molecule has 0 fully saturated rings. The molecule has 0 atom stereocenters. The molecule has 0 saturated heterocycles. The Balaban J connectivity index is 1.94. The van der Waals surface area contributed by atoms with Gasteiger partial charge in [0.15, 0.2) is 0 Å². The number of rotatable bonds is 3. The van der Waals surface area contributed by atoms with Crippen LogP contribution in [-0.2, 0) is 0 Å². The molecular formula is C14H12N4S. The first-order chi connectivity index (χ1) is 9.33. The lowest BCUT2D eigenvalue weighted by molar-refractivity contribution is 1.14. The molecule has 0 bridgehead atoms. The van der Waals surface area contributed by atoms with E-state index >= 15 is 0 Å². The molecule has 0 unspecified atom stereocenters. The third-order valence-electron chi connectivity index (χ3n) is 2.64. The molecule has 3 aromatic heterocycles. The van der Waals surface area contributed by atoms with E-state index in [0.717, 1.165) is 21.8 Å². The molecule has 0 aliphatic heterocycles. The van der Waals surface area contributed by atoms with Crippen molar-refractivity contribution >= 4 is 23.0 Å². The van der Waals surface area contributed by atoms with Crippen molar-refractivity contribution in [1.29, 1.82) is 0 Å². The van der Waals surface area contributed by atoms with Crippen molar-refractivity contribution in [3.05, 3.63) is 53.8 Å². The highest BCUT2D eigenvalue weighted by Crippen LogP contribution is 2.26.